The standard InChI is InChI=1S/C7H5Br2Cl3O3/c8-6(9)1-7(11,12)4(13)2(3(6)10)5(14)15/h4,13H,1H2,(H,14,15). The van der Waals surface area contributed by atoms with Crippen LogP contribution in [0.5, 0.6) is 0 Å². The molecular formula is C7H5Br2Cl3O3. The summed E-state index contributed by atoms with van der Waals surface area (Å²) in [5, 5.41) is 18.5. The van der Waals surface area contributed by atoms with E-state index in [1.165, 1.54) is 0 Å². The van der Waals surface area contributed by atoms with Crippen molar-refractivity contribution in [1.82, 2.24) is 0 Å². The molecule has 86 valence electrons. The molecule has 1 aliphatic rings. The Morgan fingerprint density at radius 3 is 2.33 bits per heavy atom. The summed E-state index contributed by atoms with van der Waals surface area (Å²) >= 11 is 23.7. The fourth-order valence-electron chi connectivity index (χ4n) is 1.21. The summed E-state index contributed by atoms with van der Waals surface area (Å²) in [7, 11) is 0. The van der Waals surface area contributed by atoms with Crippen LogP contribution in [0.1, 0.15) is 6.42 Å². The van der Waals surface area contributed by atoms with Gasteiger partial charge in [-0.3, -0.25) is 0 Å². The van der Waals surface area contributed by atoms with Gasteiger partial charge in [0.2, 0.25) is 0 Å². The number of carboxylic acids is 1. The Labute approximate surface area is 118 Å². The minimum atomic E-state index is -1.61. The molecule has 1 atom stereocenters. The predicted octanol–water partition coefficient (Wildman–Crippen LogP) is 2.99. The van der Waals surface area contributed by atoms with Crippen LogP contribution in [-0.4, -0.2) is 29.9 Å². The Hall–Kier alpha value is 1.00. The maximum atomic E-state index is 10.9. The summed E-state index contributed by atoms with van der Waals surface area (Å²) in [6, 6.07) is 0. The molecule has 0 fully saturated rings. The van der Waals surface area contributed by atoms with Crippen LogP contribution < -0.4 is 0 Å². The van der Waals surface area contributed by atoms with Gasteiger partial charge < -0.3 is 10.2 Å². The highest BCUT2D eigenvalue weighted by Crippen LogP contribution is 2.54. The summed E-state index contributed by atoms with van der Waals surface area (Å²) in [6.07, 6.45) is -1.51. The van der Waals surface area contributed by atoms with Crippen LogP contribution in [-0.2, 0) is 4.79 Å². The normalized spacial score (nSPS) is 29.1. The van der Waals surface area contributed by atoms with Crippen LogP contribution in [0.2, 0.25) is 0 Å². The molecule has 3 nitrogen and oxygen atoms in total. The molecule has 1 unspecified atom stereocenters. The largest absolute Gasteiger partial charge is 0.478 e. The molecule has 0 saturated heterocycles. The first-order valence-electron chi connectivity index (χ1n) is 3.67. The van der Waals surface area contributed by atoms with Crippen LogP contribution in [0.25, 0.3) is 0 Å². The number of aliphatic hydroxyl groups is 1. The molecule has 0 aromatic rings. The lowest BCUT2D eigenvalue weighted by atomic mass is 9.95. The van der Waals surface area contributed by atoms with Crippen molar-refractivity contribution >= 4 is 72.6 Å². The van der Waals surface area contributed by atoms with Gasteiger partial charge in [0, 0.05) is 6.42 Å². The van der Waals surface area contributed by atoms with Gasteiger partial charge in [-0.15, -0.1) is 0 Å². The van der Waals surface area contributed by atoms with Gasteiger partial charge in [0.15, 0.2) is 4.33 Å². The molecule has 0 aromatic heterocycles. The Morgan fingerprint density at radius 2 is 1.93 bits per heavy atom. The molecule has 0 saturated carbocycles. The average Bonchev–Trinajstić information content (AvgIpc) is 1.99. The summed E-state index contributed by atoms with van der Waals surface area (Å²) in [6.45, 7) is 0. The molecule has 0 bridgehead atoms. The minimum Gasteiger partial charge on any atom is -0.478 e. The van der Waals surface area contributed by atoms with Gasteiger partial charge in [-0.25, -0.2) is 4.79 Å². The van der Waals surface area contributed by atoms with Crippen molar-refractivity contribution in [2.24, 2.45) is 0 Å². The van der Waals surface area contributed by atoms with Gasteiger partial charge in [-0.2, -0.15) is 0 Å². The average molecular weight is 403 g/mol. The quantitative estimate of drug-likeness (QED) is 0.662. The lowest BCUT2D eigenvalue weighted by molar-refractivity contribution is -0.134. The first kappa shape index (κ1) is 14.1. The third kappa shape index (κ3) is 2.64. The van der Waals surface area contributed by atoms with E-state index in [0.717, 1.165) is 0 Å². The highest BCUT2D eigenvalue weighted by Gasteiger charge is 2.52. The van der Waals surface area contributed by atoms with Gasteiger partial charge in [0.25, 0.3) is 0 Å². The van der Waals surface area contributed by atoms with E-state index in [4.69, 9.17) is 39.9 Å². The molecular weight excluding hydrogens is 398 g/mol. The van der Waals surface area contributed by atoms with E-state index in [2.05, 4.69) is 31.9 Å². The minimum absolute atomic E-state index is 0.0277. The summed E-state index contributed by atoms with van der Waals surface area (Å²) in [4.78, 5) is 10.9. The van der Waals surface area contributed by atoms with Crippen LogP contribution >= 0.6 is 66.7 Å². The molecule has 0 amide bonds. The number of aliphatic carboxylic acids is 1. The maximum Gasteiger partial charge on any atom is 0.335 e. The van der Waals surface area contributed by atoms with E-state index in [-0.39, 0.29) is 11.5 Å². The van der Waals surface area contributed by atoms with E-state index in [1.54, 1.807) is 0 Å². The number of alkyl halides is 4. The van der Waals surface area contributed by atoms with Gasteiger partial charge >= 0.3 is 5.97 Å². The molecule has 0 heterocycles. The molecule has 1 aliphatic carbocycles. The molecule has 2 N–H and O–H groups in total. The summed E-state index contributed by atoms with van der Waals surface area (Å²) in [5.74, 6) is -1.36. The Bertz CT molecular complexity index is 340. The SMILES string of the molecule is O=C(O)C1=C(Cl)C(Br)(Br)CC(Cl)(Cl)C1O. The zero-order chi connectivity index (χ0) is 12.0. The van der Waals surface area contributed by atoms with Gasteiger partial charge in [0.1, 0.15) is 9.34 Å². The number of halogens is 5. The van der Waals surface area contributed by atoms with Gasteiger partial charge in [0.05, 0.1) is 10.6 Å². The molecule has 0 spiro atoms. The topological polar surface area (TPSA) is 57.5 Å². The highest BCUT2D eigenvalue weighted by molar-refractivity contribution is 9.25. The van der Waals surface area contributed by atoms with E-state index in [0.29, 0.717) is 0 Å². The van der Waals surface area contributed by atoms with Crippen LogP contribution in [0.15, 0.2) is 10.6 Å². The second-order valence-corrected chi connectivity index (χ2v) is 8.77. The van der Waals surface area contributed by atoms with E-state index >= 15 is 0 Å². The number of carboxylic acid groups (broad SMARTS) is 1. The fraction of sp³-hybridized carbons (Fsp3) is 0.571. The van der Waals surface area contributed by atoms with Crippen molar-refractivity contribution in [3.05, 3.63) is 10.6 Å². The first-order valence-corrected chi connectivity index (χ1v) is 6.39. The third-order valence-electron chi connectivity index (χ3n) is 1.92. The second-order valence-electron chi connectivity index (χ2n) is 3.08. The van der Waals surface area contributed by atoms with Gasteiger partial charge in [-0.1, -0.05) is 66.7 Å². The Kier molecular flexibility index (Phi) is 4.08. The van der Waals surface area contributed by atoms with Crippen molar-refractivity contribution in [2.45, 2.75) is 20.1 Å². The van der Waals surface area contributed by atoms with Crippen LogP contribution in [0, 0.1) is 0 Å². The smallest absolute Gasteiger partial charge is 0.335 e. The Morgan fingerprint density at radius 1 is 1.47 bits per heavy atom. The van der Waals surface area contributed by atoms with Crippen molar-refractivity contribution in [2.75, 3.05) is 0 Å². The van der Waals surface area contributed by atoms with E-state index in [9.17, 15) is 9.90 Å². The molecule has 0 aliphatic heterocycles. The molecule has 15 heavy (non-hydrogen) atoms. The molecule has 1 rings (SSSR count). The van der Waals surface area contributed by atoms with Crippen LogP contribution in [0.4, 0.5) is 0 Å². The van der Waals surface area contributed by atoms with E-state index < -0.39 is 25.2 Å². The Balaban J connectivity index is 3.34. The third-order valence-corrected chi connectivity index (χ3v) is 4.94. The number of hydrogen-bond acceptors (Lipinski definition) is 2. The fourth-order valence-corrected chi connectivity index (χ4v) is 4.04. The maximum absolute atomic E-state index is 10.9. The first-order chi connectivity index (χ1) is 6.59. The van der Waals surface area contributed by atoms with Crippen molar-refractivity contribution in [1.29, 1.82) is 0 Å². The number of allylic oxidation sites excluding steroid dienone is 1. The zero-order valence-electron chi connectivity index (χ0n) is 6.98. The number of carbonyl (C=O) groups is 1. The molecule has 8 heteroatoms. The van der Waals surface area contributed by atoms with Gasteiger partial charge in [-0.05, 0) is 0 Å². The van der Waals surface area contributed by atoms with Crippen molar-refractivity contribution < 1.29 is 15.0 Å². The molecule has 0 aromatic carbocycles. The number of hydrogen-bond donors (Lipinski definition) is 2. The second kappa shape index (κ2) is 4.35. The number of aliphatic hydroxyl groups excluding tert-OH is 1. The number of rotatable bonds is 1. The molecule has 0 radical (unpaired) electrons. The van der Waals surface area contributed by atoms with Crippen molar-refractivity contribution in [3.8, 4) is 0 Å². The van der Waals surface area contributed by atoms with Crippen LogP contribution in [0.3, 0.4) is 0 Å². The zero-order valence-corrected chi connectivity index (χ0v) is 12.4. The van der Waals surface area contributed by atoms with Crippen molar-refractivity contribution in [3.63, 3.8) is 0 Å². The lowest BCUT2D eigenvalue weighted by Gasteiger charge is -2.38. The van der Waals surface area contributed by atoms with E-state index in [1.807, 2.05) is 0 Å². The summed E-state index contributed by atoms with van der Waals surface area (Å²) in [5.41, 5.74) is -0.415. The lowest BCUT2D eigenvalue weighted by Crippen LogP contribution is -2.45. The highest BCUT2D eigenvalue weighted by atomic mass is 79.9. The monoisotopic (exact) mass is 400 g/mol. The predicted molar refractivity (Wildman–Crippen MR) is 66.2 cm³/mol. The summed E-state index contributed by atoms with van der Waals surface area (Å²) < 4.78 is -2.64.